The number of hydrogen-bond acceptors (Lipinski definition) is 5. The van der Waals surface area contributed by atoms with E-state index in [9.17, 15) is 9.18 Å². The lowest BCUT2D eigenvalue weighted by atomic mass is 10.2. The Morgan fingerprint density at radius 2 is 2.13 bits per heavy atom. The van der Waals surface area contributed by atoms with E-state index >= 15 is 0 Å². The highest BCUT2D eigenvalue weighted by atomic mass is 19.1. The molecule has 3 aromatic rings. The van der Waals surface area contributed by atoms with Gasteiger partial charge in [-0.25, -0.2) is 4.39 Å². The molecule has 0 fully saturated rings. The smallest absolute Gasteiger partial charge is 0.244 e. The zero-order chi connectivity index (χ0) is 16.2. The molecule has 1 amide bonds. The van der Waals surface area contributed by atoms with Crippen LogP contribution in [0.1, 0.15) is 18.7 Å². The molecule has 1 N–H and O–H groups in total. The number of carbonyl (C=O) groups is 1. The third-order valence-corrected chi connectivity index (χ3v) is 3.19. The highest BCUT2D eigenvalue weighted by Crippen LogP contribution is 2.14. The Balaban J connectivity index is 1.62. The topological polar surface area (TPSA) is 85.8 Å². The third kappa shape index (κ3) is 3.60. The van der Waals surface area contributed by atoms with E-state index in [1.54, 1.807) is 30.5 Å². The number of benzene rings is 1. The van der Waals surface area contributed by atoms with E-state index < -0.39 is 0 Å². The summed E-state index contributed by atoms with van der Waals surface area (Å²) in [6.45, 7) is 1.74. The molecule has 0 aliphatic carbocycles. The Morgan fingerprint density at radius 1 is 1.35 bits per heavy atom. The van der Waals surface area contributed by atoms with Crippen molar-refractivity contribution in [1.29, 1.82) is 0 Å². The van der Waals surface area contributed by atoms with Crippen LogP contribution in [0.5, 0.6) is 0 Å². The number of furan rings is 1. The standard InChI is InChI=1S/C15H14FN5O2/c1-10(13-3-2-8-23-13)17-14(22)9-21-19-15(18-20-21)11-4-6-12(16)7-5-11/h2-8,10H,9H2,1H3,(H,17,22)/t10-/m0/s1. The molecule has 0 spiro atoms. The first kappa shape index (κ1) is 14.9. The third-order valence-electron chi connectivity index (χ3n) is 3.19. The first-order valence-corrected chi connectivity index (χ1v) is 6.98. The summed E-state index contributed by atoms with van der Waals surface area (Å²) in [5, 5.41) is 14.6. The number of carbonyl (C=O) groups excluding carboxylic acids is 1. The molecular weight excluding hydrogens is 301 g/mol. The van der Waals surface area contributed by atoms with Gasteiger partial charge in [0.2, 0.25) is 11.7 Å². The fourth-order valence-corrected chi connectivity index (χ4v) is 2.05. The quantitative estimate of drug-likeness (QED) is 0.777. The van der Waals surface area contributed by atoms with Crippen molar-refractivity contribution >= 4 is 5.91 Å². The van der Waals surface area contributed by atoms with E-state index in [1.165, 1.54) is 16.9 Å². The maximum Gasteiger partial charge on any atom is 0.244 e. The van der Waals surface area contributed by atoms with Gasteiger partial charge in [-0.2, -0.15) is 4.80 Å². The number of nitrogens with one attached hydrogen (secondary N) is 1. The first-order chi connectivity index (χ1) is 11.1. The monoisotopic (exact) mass is 315 g/mol. The Hall–Kier alpha value is -3.03. The SMILES string of the molecule is C[C@H](NC(=O)Cn1nnc(-c2ccc(F)cc2)n1)c1ccco1. The van der Waals surface area contributed by atoms with Gasteiger partial charge in [-0.15, -0.1) is 10.2 Å². The molecule has 7 nitrogen and oxygen atoms in total. The van der Waals surface area contributed by atoms with E-state index in [4.69, 9.17) is 4.42 Å². The summed E-state index contributed by atoms with van der Waals surface area (Å²) in [6.07, 6.45) is 1.55. The van der Waals surface area contributed by atoms with Gasteiger partial charge in [-0.3, -0.25) is 4.79 Å². The molecule has 23 heavy (non-hydrogen) atoms. The van der Waals surface area contributed by atoms with Crippen LogP contribution in [-0.2, 0) is 11.3 Å². The summed E-state index contributed by atoms with van der Waals surface area (Å²) >= 11 is 0. The molecule has 0 radical (unpaired) electrons. The van der Waals surface area contributed by atoms with Crippen LogP contribution in [0.4, 0.5) is 4.39 Å². The predicted molar refractivity (Wildman–Crippen MR) is 78.5 cm³/mol. The average molecular weight is 315 g/mol. The number of tetrazole rings is 1. The van der Waals surface area contributed by atoms with Gasteiger partial charge >= 0.3 is 0 Å². The van der Waals surface area contributed by atoms with Gasteiger partial charge in [0.15, 0.2) is 0 Å². The Kier molecular flexibility index (Phi) is 4.13. The molecule has 0 bridgehead atoms. The van der Waals surface area contributed by atoms with Crippen LogP contribution >= 0.6 is 0 Å². The second kappa shape index (κ2) is 6.39. The summed E-state index contributed by atoms with van der Waals surface area (Å²) in [5.74, 6) is 0.387. The normalized spacial score (nSPS) is 12.1. The van der Waals surface area contributed by atoms with Crippen LogP contribution in [0, 0.1) is 5.82 Å². The number of rotatable bonds is 5. The molecule has 0 saturated carbocycles. The van der Waals surface area contributed by atoms with E-state index in [1.807, 2.05) is 6.92 Å². The highest BCUT2D eigenvalue weighted by Gasteiger charge is 2.14. The van der Waals surface area contributed by atoms with E-state index in [2.05, 4.69) is 20.7 Å². The lowest BCUT2D eigenvalue weighted by Gasteiger charge is -2.10. The Labute approximate surface area is 131 Å². The van der Waals surface area contributed by atoms with Crippen molar-refractivity contribution in [3.63, 3.8) is 0 Å². The molecule has 0 aliphatic rings. The average Bonchev–Trinajstić information content (AvgIpc) is 3.19. The van der Waals surface area contributed by atoms with Gasteiger partial charge in [-0.05, 0) is 48.5 Å². The molecule has 3 rings (SSSR count). The van der Waals surface area contributed by atoms with E-state index in [-0.39, 0.29) is 24.3 Å². The van der Waals surface area contributed by atoms with Crippen molar-refractivity contribution in [1.82, 2.24) is 25.5 Å². The minimum atomic E-state index is -0.340. The van der Waals surface area contributed by atoms with Crippen molar-refractivity contribution in [2.24, 2.45) is 0 Å². The number of nitrogens with zero attached hydrogens (tertiary/aromatic N) is 4. The van der Waals surface area contributed by atoms with Crippen LogP contribution < -0.4 is 5.32 Å². The second-order valence-corrected chi connectivity index (χ2v) is 4.95. The molecule has 2 heterocycles. The highest BCUT2D eigenvalue weighted by molar-refractivity contribution is 5.75. The summed E-state index contributed by atoms with van der Waals surface area (Å²) in [7, 11) is 0. The largest absolute Gasteiger partial charge is 0.467 e. The van der Waals surface area contributed by atoms with E-state index in [0.717, 1.165) is 0 Å². The maximum absolute atomic E-state index is 12.9. The summed E-state index contributed by atoms with van der Waals surface area (Å²) in [4.78, 5) is 13.2. The second-order valence-electron chi connectivity index (χ2n) is 4.95. The first-order valence-electron chi connectivity index (χ1n) is 6.98. The van der Waals surface area contributed by atoms with Crippen LogP contribution in [0.3, 0.4) is 0 Å². The van der Waals surface area contributed by atoms with Gasteiger partial charge in [0, 0.05) is 5.56 Å². The number of amides is 1. The predicted octanol–water partition coefficient (Wildman–Crippen LogP) is 1.95. The summed E-state index contributed by atoms with van der Waals surface area (Å²) in [5.41, 5.74) is 0.627. The summed E-state index contributed by atoms with van der Waals surface area (Å²) in [6, 6.07) is 9.02. The van der Waals surface area contributed by atoms with Gasteiger partial charge in [-0.1, -0.05) is 0 Å². The van der Waals surface area contributed by atoms with Crippen molar-refractivity contribution in [2.75, 3.05) is 0 Å². The number of hydrogen-bond donors (Lipinski definition) is 1. The fraction of sp³-hybridized carbons (Fsp3) is 0.200. The molecule has 1 atom stereocenters. The maximum atomic E-state index is 12.9. The van der Waals surface area contributed by atoms with Crippen molar-refractivity contribution in [3.8, 4) is 11.4 Å². The lowest BCUT2D eigenvalue weighted by Crippen LogP contribution is -2.30. The fourth-order valence-electron chi connectivity index (χ4n) is 2.05. The number of aromatic nitrogens is 4. The molecule has 0 aliphatic heterocycles. The molecular formula is C15H14FN5O2. The van der Waals surface area contributed by atoms with Crippen LogP contribution in [0.15, 0.2) is 47.1 Å². The Morgan fingerprint density at radius 3 is 2.83 bits per heavy atom. The Bertz CT molecular complexity index is 783. The van der Waals surface area contributed by atoms with Gasteiger partial charge < -0.3 is 9.73 Å². The summed E-state index contributed by atoms with van der Waals surface area (Å²) < 4.78 is 18.1. The molecule has 0 unspecified atom stereocenters. The van der Waals surface area contributed by atoms with Crippen LogP contribution in [0.2, 0.25) is 0 Å². The molecule has 8 heteroatoms. The van der Waals surface area contributed by atoms with Crippen LogP contribution in [0.25, 0.3) is 11.4 Å². The molecule has 2 aromatic heterocycles. The van der Waals surface area contributed by atoms with Gasteiger partial charge in [0.25, 0.3) is 0 Å². The number of halogens is 1. The minimum Gasteiger partial charge on any atom is -0.467 e. The zero-order valence-corrected chi connectivity index (χ0v) is 12.3. The van der Waals surface area contributed by atoms with Crippen molar-refractivity contribution < 1.29 is 13.6 Å². The minimum absolute atomic E-state index is 0.0702. The van der Waals surface area contributed by atoms with Crippen molar-refractivity contribution in [2.45, 2.75) is 19.5 Å². The van der Waals surface area contributed by atoms with Crippen LogP contribution in [-0.4, -0.2) is 26.1 Å². The van der Waals surface area contributed by atoms with E-state index in [0.29, 0.717) is 17.1 Å². The molecule has 0 saturated heterocycles. The molecule has 118 valence electrons. The molecule has 1 aromatic carbocycles. The van der Waals surface area contributed by atoms with Gasteiger partial charge in [0.1, 0.15) is 18.1 Å². The lowest BCUT2D eigenvalue weighted by molar-refractivity contribution is -0.122. The zero-order valence-electron chi connectivity index (χ0n) is 12.3. The van der Waals surface area contributed by atoms with Crippen molar-refractivity contribution in [3.05, 3.63) is 54.2 Å². The van der Waals surface area contributed by atoms with Gasteiger partial charge in [0.05, 0.1) is 12.3 Å².